The first kappa shape index (κ1) is 79.6. The summed E-state index contributed by atoms with van der Waals surface area (Å²) in [6, 6.07) is -1.03. The highest BCUT2D eigenvalue weighted by molar-refractivity contribution is 5.80. The number of hydrogen-bond acceptors (Lipinski definition) is 10. The maximum absolute atomic E-state index is 13.5. The summed E-state index contributed by atoms with van der Waals surface area (Å²) < 4.78 is 17.7. The maximum Gasteiger partial charge on any atom is 0.306 e. The molecule has 0 saturated carbocycles. The molecule has 11 heteroatoms. The van der Waals surface area contributed by atoms with E-state index in [4.69, 9.17) is 14.2 Å². The molecule has 490 valence electrons. The number of unbranched alkanes of at least 4 members (excludes halogenated alkanes) is 31. The molecule has 0 spiro atoms. The predicted octanol–water partition coefficient (Wildman–Crippen LogP) is 17.8. The monoisotopic (exact) mass is 1190 g/mol. The molecule has 1 aliphatic heterocycles. The highest BCUT2D eigenvalue weighted by Crippen LogP contribution is 2.26. The number of amides is 1. The van der Waals surface area contributed by atoms with Crippen LogP contribution < -0.4 is 5.32 Å². The molecule has 6 N–H and O–H groups in total. The van der Waals surface area contributed by atoms with Crippen LogP contribution in [0.25, 0.3) is 0 Å². The second kappa shape index (κ2) is 60.8. The zero-order valence-electron chi connectivity index (χ0n) is 54.5. The van der Waals surface area contributed by atoms with Crippen LogP contribution in [-0.4, -0.2) is 99.6 Å². The van der Waals surface area contributed by atoms with Crippen LogP contribution in [0, 0.1) is 0 Å². The summed E-state index contributed by atoms with van der Waals surface area (Å²) in [6.45, 7) is 5.74. The van der Waals surface area contributed by atoms with Crippen molar-refractivity contribution in [1.29, 1.82) is 0 Å². The van der Waals surface area contributed by atoms with Gasteiger partial charge in [0.1, 0.15) is 24.4 Å². The molecule has 0 aromatic heterocycles. The number of aliphatic hydroxyl groups is 5. The van der Waals surface area contributed by atoms with Crippen molar-refractivity contribution in [2.45, 2.75) is 346 Å². The molecule has 85 heavy (non-hydrogen) atoms. The van der Waals surface area contributed by atoms with Gasteiger partial charge in [-0.1, -0.05) is 279 Å². The first-order valence-electron chi connectivity index (χ1n) is 35.0. The summed E-state index contributed by atoms with van der Waals surface area (Å²) in [5, 5.41) is 57.2. The van der Waals surface area contributed by atoms with Crippen molar-refractivity contribution in [3.05, 3.63) is 97.2 Å². The number of hydrogen-bond donors (Lipinski definition) is 6. The highest BCUT2D eigenvalue weighted by atomic mass is 16.7. The molecule has 1 rings (SSSR count). The van der Waals surface area contributed by atoms with Gasteiger partial charge >= 0.3 is 5.97 Å². The minimum atomic E-state index is -1.62. The molecule has 0 radical (unpaired) electrons. The van der Waals surface area contributed by atoms with Gasteiger partial charge < -0.3 is 45.1 Å². The Morgan fingerprint density at radius 3 is 1.24 bits per heavy atom. The molecule has 0 aliphatic carbocycles. The standard InChI is InChI=1S/C74H129NO10/c1-4-7-10-13-16-19-22-24-26-28-30-32-33-34-36-37-39-41-43-46-49-52-55-58-61-67(78)73(82)75-65(66(77)60-57-54-51-48-45-21-18-15-12-9-6-3)64-83-74-72(71(81)70(80)68(63-76)84-74)85-69(79)62-59-56-53-50-47-44-42-40-38-35-31-29-27-25-23-20-17-14-11-8-5-2/h16-17,19-20,24-27,30-32,34-36,57,60,65-68,70-72,74,76-78,80-81H,4-15,18,21-23,28-29,33,37-56,58-59,61-64H2,1-3H3,(H,75,82)/b19-16-,20-17-,26-24-,27-25-,32-30-,35-31-,36-34-,60-57+. The van der Waals surface area contributed by atoms with E-state index in [1.807, 2.05) is 6.08 Å². The summed E-state index contributed by atoms with van der Waals surface area (Å²) in [4.78, 5) is 26.7. The fourth-order valence-electron chi connectivity index (χ4n) is 10.4. The molecule has 11 nitrogen and oxygen atoms in total. The average Bonchev–Trinajstić information content (AvgIpc) is 3.69. The Balaban J connectivity index is 2.59. The highest BCUT2D eigenvalue weighted by Gasteiger charge is 2.47. The Labute approximate surface area is 520 Å². The Bertz CT molecular complexity index is 1750. The largest absolute Gasteiger partial charge is 0.454 e. The number of allylic oxidation sites excluding steroid dienone is 15. The van der Waals surface area contributed by atoms with Gasteiger partial charge in [-0.25, -0.2) is 0 Å². The smallest absolute Gasteiger partial charge is 0.306 e. The molecule has 1 amide bonds. The van der Waals surface area contributed by atoms with Crippen LogP contribution in [0.4, 0.5) is 0 Å². The lowest BCUT2D eigenvalue weighted by molar-refractivity contribution is -0.305. The number of nitrogens with one attached hydrogen (secondary N) is 1. The van der Waals surface area contributed by atoms with E-state index in [1.54, 1.807) is 6.08 Å². The van der Waals surface area contributed by atoms with E-state index in [-0.39, 0.29) is 19.4 Å². The number of ether oxygens (including phenoxy) is 3. The van der Waals surface area contributed by atoms with Crippen LogP contribution in [0.1, 0.15) is 297 Å². The van der Waals surface area contributed by atoms with Gasteiger partial charge in [-0.15, -0.1) is 0 Å². The number of rotatable bonds is 59. The van der Waals surface area contributed by atoms with Crippen LogP contribution in [0.15, 0.2) is 97.2 Å². The summed E-state index contributed by atoms with van der Waals surface area (Å²) in [6.07, 6.45) is 71.5. The lowest BCUT2D eigenvalue weighted by Gasteiger charge is -2.41. The third-order valence-corrected chi connectivity index (χ3v) is 16.0. The Kier molecular flexibility index (Phi) is 57.0. The van der Waals surface area contributed by atoms with E-state index in [2.05, 4.69) is 111 Å². The number of aliphatic hydroxyl groups excluding tert-OH is 5. The molecular weight excluding hydrogens is 1060 g/mol. The fourth-order valence-corrected chi connectivity index (χ4v) is 10.4. The molecule has 1 heterocycles. The van der Waals surface area contributed by atoms with Crippen LogP contribution in [0.5, 0.6) is 0 Å². The van der Waals surface area contributed by atoms with Gasteiger partial charge in [-0.3, -0.25) is 9.59 Å². The van der Waals surface area contributed by atoms with Crippen LogP contribution in [0.3, 0.4) is 0 Å². The maximum atomic E-state index is 13.5. The number of esters is 1. The van der Waals surface area contributed by atoms with Crippen LogP contribution in [-0.2, 0) is 23.8 Å². The van der Waals surface area contributed by atoms with Crippen LogP contribution >= 0.6 is 0 Å². The van der Waals surface area contributed by atoms with Crippen LogP contribution in [0.2, 0.25) is 0 Å². The lowest BCUT2D eigenvalue weighted by Crippen LogP contribution is -2.61. The van der Waals surface area contributed by atoms with Gasteiger partial charge in [0.25, 0.3) is 0 Å². The van der Waals surface area contributed by atoms with Crippen molar-refractivity contribution in [2.75, 3.05) is 13.2 Å². The molecular formula is C74H129NO10. The zero-order valence-corrected chi connectivity index (χ0v) is 54.5. The Morgan fingerprint density at radius 2 is 0.812 bits per heavy atom. The third kappa shape index (κ3) is 48.2. The zero-order chi connectivity index (χ0) is 61.7. The van der Waals surface area contributed by atoms with Gasteiger partial charge in [0.05, 0.1) is 25.4 Å². The normalized spacial score (nSPS) is 19.0. The molecule has 0 aromatic rings. The second-order valence-electron chi connectivity index (χ2n) is 23.9. The second-order valence-corrected chi connectivity index (χ2v) is 23.9. The van der Waals surface area contributed by atoms with E-state index >= 15 is 0 Å². The molecule has 1 fully saturated rings. The van der Waals surface area contributed by atoms with Crippen molar-refractivity contribution < 1.29 is 49.3 Å². The number of carbonyl (C=O) groups is 2. The summed E-state index contributed by atoms with van der Waals surface area (Å²) in [5.41, 5.74) is 0. The van der Waals surface area contributed by atoms with Gasteiger partial charge in [0, 0.05) is 6.42 Å². The quantitative estimate of drug-likeness (QED) is 0.0195. The van der Waals surface area contributed by atoms with E-state index in [1.165, 1.54) is 141 Å². The van der Waals surface area contributed by atoms with Crippen molar-refractivity contribution in [1.82, 2.24) is 5.32 Å². The summed E-state index contributed by atoms with van der Waals surface area (Å²) in [5.74, 6) is -1.21. The SMILES string of the molecule is CCCCC/C=C\C/C=C\C/C=C\C/C=C\CCCCCCCCCCC(O)C(=O)NC(COC1OC(CO)C(O)C(O)C1OC(=O)CCCCCCCCCC/C=C\C/C=C\C/C=C\CCCCC)C(O)/C=C/CCCCCCCCCCC. The topological polar surface area (TPSA) is 175 Å². The number of carbonyl (C=O) groups excluding carboxylic acids is 2. The van der Waals surface area contributed by atoms with E-state index in [9.17, 15) is 35.1 Å². The van der Waals surface area contributed by atoms with Crippen molar-refractivity contribution >= 4 is 11.9 Å². The first-order chi connectivity index (χ1) is 41.7. The van der Waals surface area contributed by atoms with Gasteiger partial charge in [-0.2, -0.15) is 0 Å². The summed E-state index contributed by atoms with van der Waals surface area (Å²) in [7, 11) is 0. The molecule has 0 aromatic carbocycles. The van der Waals surface area contributed by atoms with Gasteiger partial charge in [0.2, 0.25) is 5.91 Å². The predicted molar refractivity (Wildman–Crippen MR) is 356 cm³/mol. The van der Waals surface area contributed by atoms with Crippen molar-refractivity contribution in [3.63, 3.8) is 0 Å². The minimum Gasteiger partial charge on any atom is -0.454 e. The lowest BCUT2D eigenvalue weighted by atomic mass is 9.99. The Morgan fingerprint density at radius 1 is 0.459 bits per heavy atom. The van der Waals surface area contributed by atoms with E-state index < -0.39 is 67.4 Å². The molecule has 8 atom stereocenters. The van der Waals surface area contributed by atoms with E-state index in [0.717, 1.165) is 109 Å². The van der Waals surface area contributed by atoms with Gasteiger partial charge in [-0.05, 0) is 109 Å². The van der Waals surface area contributed by atoms with E-state index in [0.29, 0.717) is 12.8 Å². The van der Waals surface area contributed by atoms with Crippen molar-refractivity contribution in [3.8, 4) is 0 Å². The van der Waals surface area contributed by atoms with Crippen molar-refractivity contribution in [2.24, 2.45) is 0 Å². The summed E-state index contributed by atoms with van der Waals surface area (Å²) >= 11 is 0. The Hall–Kier alpha value is -3.42. The molecule has 1 saturated heterocycles. The first-order valence-corrected chi connectivity index (χ1v) is 35.0. The van der Waals surface area contributed by atoms with Gasteiger partial charge in [0.15, 0.2) is 12.4 Å². The molecule has 8 unspecified atom stereocenters. The third-order valence-electron chi connectivity index (χ3n) is 16.0. The molecule has 1 aliphatic rings. The fraction of sp³-hybridized carbons (Fsp3) is 0.757. The molecule has 0 bridgehead atoms. The minimum absolute atomic E-state index is 0.111. The average molecular weight is 1190 g/mol.